The van der Waals surface area contributed by atoms with Crippen molar-refractivity contribution in [1.29, 1.82) is 0 Å². The van der Waals surface area contributed by atoms with Gasteiger partial charge in [0.05, 0.1) is 11.1 Å². The first kappa shape index (κ1) is 14.1. The molecule has 2 aromatic carbocycles. The van der Waals surface area contributed by atoms with Gasteiger partial charge < -0.3 is 5.32 Å². The van der Waals surface area contributed by atoms with Gasteiger partial charge in [0.2, 0.25) is 0 Å². The van der Waals surface area contributed by atoms with Crippen LogP contribution in [-0.2, 0) is 4.79 Å². The molecule has 2 amide bonds. The molecule has 0 unspecified atom stereocenters. The van der Waals surface area contributed by atoms with E-state index in [0.717, 1.165) is 16.6 Å². The molecule has 0 saturated carbocycles. The van der Waals surface area contributed by atoms with E-state index in [0.29, 0.717) is 16.7 Å². The number of aromatic nitrogens is 1. The summed E-state index contributed by atoms with van der Waals surface area (Å²) in [6, 6.07) is 16.7. The molecule has 116 valence electrons. The summed E-state index contributed by atoms with van der Waals surface area (Å²) in [5, 5.41) is 6.49. The molecule has 2 heterocycles. The molecule has 0 radical (unpaired) electrons. The summed E-state index contributed by atoms with van der Waals surface area (Å²) in [7, 11) is 0. The number of nitrogens with one attached hydrogen (secondary N) is 2. The first-order chi connectivity index (χ1) is 11.7. The summed E-state index contributed by atoms with van der Waals surface area (Å²) in [5.41, 5.74) is 3.29. The topological polar surface area (TPSA) is 71.1 Å². The van der Waals surface area contributed by atoms with Crippen LogP contribution in [0.1, 0.15) is 15.9 Å². The van der Waals surface area contributed by atoms with Crippen LogP contribution >= 0.6 is 0 Å². The van der Waals surface area contributed by atoms with E-state index >= 15 is 0 Å². The van der Waals surface area contributed by atoms with Gasteiger partial charge in [0, 0.05) is 34.6 Å². The second-order valence-corrected chi connectivity index (χ2v) is 5.44. The number of carbonyl (C=O) groups is 2. The molecule has 0 saturated heterocycles. The van der Waals surface area contributed by atoms with Crippen molar-refractivity contribution in [3.05, 3.63) is 78.1 Å². The third-order valence-electron chi connectivity index (χ3n) is 3.92. The molecule has 5 heteroatoms. The lowest BCUT2D eigenvalue weighted by atomic mass is 9.96. The summed E-state index contributed by atoms with van der Waals surface area (Å²) >= 11 is 0. The minimum Gasteiger partial charge on any atom is -0.361 e. The van der Waals surface area contributed by atoms with Crippen molar-refractivity contribution in [3.63, 3.8) is 0 Å². The van der Waals surface area contributed by atoms with E-state index in [9.17, 15) is 9.59 Å². The predicted octanol–water partition coefficient (Wildman–Crippen LogP) is 2.96. The smallest absolute Gasteiger partial charge is 0.260 e. The molecule has 1 aromatic heterocycles. The van der Waals surface area contributed by atoms with E-state index in [2.05, 4.69) is 15.6 Å². The Labute approximate surface area is 138 Å². The Bertz CT molecular complexity index is 1010. The van der Waals surface area contributed by atoms with Crippen LogP contribution in [0.4, 0.5) is 5.69 Å². The minimum atomic E-state index is -0.409. The molecule has 0 aliphatic carbocycles. The Kier molecular flexibility index (Phi) is 3.31. The fourth-order valence-electron chi connectivity index (χ4n) is 2.74. The summed E-state index contributed by atoms with van der Waals surface area (Å²) < 4.78 is 0. The number of nitrogens with zero attached hydrogens (tertiary/aromatic N) is 1. The van der Waals surface area contributed by atoms with Gasteiger partial charge >= 0.3 is 0 Å². The van der Waals surface area contributed by atoms with E-state index in [-0.39, 0.29) is 5.91 Å². The second kappa shape index (κ2) is 5.62. The number of carbonyl (C=O) groups excluding carboxylic acids is 2. The van der Waals surface area contributed by atoms with E-state index in [1.54, 1.807) is 36.7 Å². The summed E-state index contributed by atoms with van der Waals surface area (Å²) in [5.74, 6) is -0.779. The van der Waals surface area contributed by atoms with Crippen molar-refractivity contribution < 1.29 is 9.59 Å². The summed E-state index contributed by atoms with van der Waals surface area (Å²) in [6.07, 6.45) is 3.37. The van der Waals surface area contributed by atoms with Crippen molar-refractivity contribution in [2.24, 2.45) is 0 Å². The maximum absolute atomic E-state index is 12.2. The first-order valence-corrected chi connectivity index (χ1v) is 7.49. The highest BCUT2D eigenvalue weighted by molar-refractivity contribution is 6.31. The fourth-order valence-corrected chi connectivity index (χ4v) is 2.74. The van der Waals surface area contributed by atoms with Crippen LogP contribution in [0.2, 0.25) is 0 Å². The highest BCUT2D eigenvalue weighted by Crippen LogP contribution is 2.24. The third kappa shape index (κ3) is 2.42. The van der Waals surface area contributed by atoms with Gasteiger partial charge in [-0.3, -0.25) is 19.9 Å². The second-order valence-electron chi connectivity index (χ2n) is 5.44. The lowest BCUT2D eigenvalue weighted by molar-refractivity contribution is -0.114. The molecule has 5 nitrogen and oxygen atoms in total. The highest BCUT2D eigenvalue weighted by Gasteiger charge is 2.26. The van der Waals surface area contributed by atoms with Crippen molar-refractivity contribution in [1.82, 2.24) is 10.3 Å². The highest BCUT2D eigenvalue weighted by atomic mass is 16.2. The average Bonchev–Trinajstić information content (AvgIpc) is 2.61. The molecule has 0 spiro atoms. The Hall–Kier alpha value is -3.47. The molecule has 0 bridgehead atoms. The molecule has 1 aliphatic rings. The molecule has 4 rings (SSSR count). The van der Waals surface area contributed by atoms with E-state index < -0.39 is 5.91 Å². The van der Waals surface area contributed by atoms with Gasteiger partial charge in [-0.15, -0.1) is 0 Å². The largest absolute Gasteiger partial charge is 0.361 e. The summed E-state index contributed by atoms with van der Waals surface area (Å²) in [4.78, 5) is 28.3. The van der Waals surface area contributed by atoms with Crippen LogP contribution in [0, 0.1) is 0 Å². The molecule has 0 atom stereocenters. The predicted molar refractivity (Wildman–Crippen MR) is 92.3 cm³/mol. The van der Waals surface area contributed by atoms with Gasteiger partial charge in [-0.25, -0.2) is 0 Å². The van der Waals surface area contributed by atoms with Crippen molar-refractivity contribution in [2.45, 2.75) is 0 Å². The van der Waals surface area contributed by atoms with E-state index in [1.165, 1.54) is 0 Å². The number of imide groups is 1. The SMILES string of the molecule is O=C1NC(=O)c2ccccc2/C1=C/Nc1ccc2ncccc2c1. The Balaban J connectivity index is 1.71. The summed E-state index contributed by atoms with van der Waals surface area (Å²) in [6.45, 7) is 0. The number of benzene rings is 2. The van der Waals surface area contributed by atoms with Gasteiger partial charge in [-0.1, -0.05) is 24.3 Å². The molecular weight excluding hydrogens is 302 g/mol. The number of amides is 2. The average molecular weight is 315 g/mol. The Morgan fingerprint density at radius 3 is 2.62 bits per heavy atom. The number of fused-ring (bicyclic) bond motifs is 2. The number of anilines is 1. The van der Waals surface area contributed by atoms with E-state index in [1.807, 2.05) is 30.3 Å². The fraction of sp³-hybridized carbons (Fsp3) is 0. The Morgan fingerprint density at radius 1 is 0.917 bits per heavy atom. The molecule has 2 N–H and O–H groups in total. The van der Waals surface area contributed by atoms with Crippen LogP contribution < -0.4 is 10.6 Å². The van der Waals surface area contributed by atoms with Crippen LogP contribution in [0.15, 0.2) is 67.0 Å². The van der Waals surface area contributed by atoms with Gasteiger partial charge in [0.1, 0.15) is 0 Å². The maximum atomic E-state index is 12.2. The van der Waals surface area contributed by atoms with Crippen molar-refractivity contribution in [3.8, 4) is 0 Å². The van der Waals surface area contributed by atoms with Crippen molar-refractivity contribution in [2.75, 3.05) is 5.32 Å². The van der Waals surface area contributed by atoms with Crippen LogP contribution in [-0.4, -0.2) is 16.8 Å². The Morgan fingerprint density at radius 2 is 1.75 bits per heavy atom. The zero-order valence-corrected chi connectivity index (χ0v) is 12.6. The van der Waals surface area contributed by atoms with Crippen LogP contribution in [0.5, 0.6) is 0 Å². The van der Waals surface area contributed by atoms with Crippen LogP contribution in [0.3, 0.4) is 0 Å². The lowest BCUT2D eigenvalue weighted by Crippen LogP contribution is -2.36. The van der Waals surface area contributed by atoms with Gasteiger partial charge in [0.15, 0.2) is 0 Å². The van der Waals surface area contributed by atoms with Crippen LogP contribution in [0.25, 0.3) is 16.5 Å². The normalized spacial score (nSPS) is 15.2. The van der Waals surface area contributed by atoms with E-state index in [4.69, 9.17) is 0 Å². The number of rotatable bonds is 2. The molecule has 24 heavy (non-hydrogen) atoms. The lowest BCUT2D eigenvalue weighted by Gasteiger charge is -2.18. The number of hydrogen-bond donors (Lipinski definition) is 2. The third-order valence-corrected chi connectivity index (χ3v) is 3.92. The molecule has 3 aromatic rings. The zero-order valence-electron chi connectivity index (χ0n) is 12.6. The quantitative estimate of drug-likeness (QED) is 0.563. The molecule has 0 fully saturated rings. The first-order valence-electron chi connectivity index (χ1n) is 7.49. The zero-order chi connectivity index (χ0) is 16.5. The van der Waals surface area contributed by atoms with Gasteiger partial charge in [0.25, 0.3) is 11.8 Å². The van der Waals surface area contributed by atoms with Gasteiger partial charge in [-0.2, -0.15) is 0 Å². The maximum Gasteiger partial charge on any atom is 0.260 e. The molecule has 1 aliphatic heterocycles. The number of hydrogen-bond acceptors (Lipinski definition) is 4. The molecular formula is C19H13N3O2. The number of pyridine rings is 1. The monoisotopic (exact) mass is 315 g/mol. The standard InChI is InChI=1S/C19H13N3O2/c23-18-15-6-2-1-5-14(15)16(19(24)22-18)11-21-13-7-8-17-12(10-13)4-3-9-20-17/h1-11,21H,(H,22,23,24)/b16-11-. The van der Waals surface area contributed by atoms with Crippen molar-refractivity contribution >= 4 is 34.0 Å². The minimum absolute atomic E-state index is 0.371. The van der Waals surface area contributed by atoms with Gasteiger partial charge in [-0.05, 0) is 30.3 Å².